The molecule has 0 aliphatic carbocycles. The van der Waals surface area contributed by atoms with E-state index in [9.17, 15) is 19.7 Å². The second-order valence-electron chi connectivity index (χ2n) is 5.06. The lowest BCUT2D eigenvalue weighted by atomic mass is 9.92. The van der Waals surface area contributed by atoms with Crippen LogP contribution in [0.5, 0.6) is 0 Å². The number of carbonyl (C=O) groups excluding carboxylic acids is 2. The fraction of sp³-hybridized carbons (Fsp3) is 0.333. The highest BCUT2D eigenvalue weighted by atomic mass is 16.6. The predicted octanol–water partition coefficient (Wildman–Crippen LogP) is 0.122. The Morgan fingerprint density at radius 2 is 2.00 bits per heavy atom. The summed E-state index contributed by atoms with van der Waals surface area (Å²) in [5.74, 6) is 3.94. The van der Waals surface area contributed by atoms with Gasteiger partial charge in [-0.15, -0.1) is 0 Å². The number of nitrogen functional groups attached to an aromatic ring is 1. The van der Waals surface area contributed by atoms with Gasteiger partial charge >= 0.3 is 0 Å². The molecule has 9 nitrogen and oxygen atoms in total. The number of hydrogen-bond acceptors (Lipinski definition) is 6. The highest BCUT2D eigenvalue weighted by Gasteiger charge is 2.27. The van der Waals surface area contributed by atoms with Crippen LogP contribution in [-0.2, 0) is 4.79 Å². The normalized spacial score (nSPS) is 10.8. The number of nitrogens with zero attached hydrogens (tertiary/aromatic N) is 1. The highest BCUT2D eigenvalue weighted by Crippen LogP contribution is 2.22. The number of nitrogens with two attached hydrogens (primary N) is 2. The van der Waals surface area contributed by atoms with Crippen molar-refractivity contribution < 1.29 is 14.5 Å². The molecule has 2 amide bonds. The second-order valence-corrected chi connectivity index (χ2v) is 5.06. The van der Waals surface area contributed by atoms with Gasteiger partial charge in [0, 0.05) is 18.3 Å². The Balaban J connectivity index is 3.01. The molecule has 0 spiro atoms. The number of rotatable bonds is 6. The van der Waals surface area contributed by atoms with E-state index in [1.807, 2.05) is 0 Å². The van der Waals surface area contributed by atoms with E-state index in [0.717, 1.165) is 0 Å². The molecule has 1 aromatic carbocycles. The number of amides is 2. The number of hydrogen-bond donors (Lipinski definition) is 4. The maximum Gasteiger partial charge on any atom is 0.282 e. The lowest BCUT2D eigenvalue weighted by molar-refractivity contribution is -0.385. The topological polar surface area (TPSA) is 153 Å². The number of anilines is 1. The van der Waals surface area contributed by atoms with Crippen LogP contribution in [0.25, 0.3) is 0 Å². The molecule has 114 valence electrons. The van der Waals surface area contributed by atoms with E-state index in [1.165, 1.54) is 18.2 Å². The maximum absolute atomic E-state index is 12.1. The zero-order valence-electron chi connectivity index (χ0n) is 11.7. The van der Waals surface area contributed by atoms with E-state index in [0.29, 0.717) is 5.69 Å². The first-order valence-electron chi connectivity index (χ1n) is 6.02. The third-order valence-electron chi connectivity index (χ3n) is 2.96. The van der Waals surface area contributed by atoms with Crippen molar-refractivity contribution >= 4 is 23.2 Å². The van der Waals surface area contributed by atoms with Crippen molar-refractivity contribution in [2.75, 3.05) is 12.0 Å². The van der Waals surface area contributed by atoms with Crippen molar-refractivity contribution in [3.05, 3.63) is 33.9 Å². The summed E-state index contributed by atoms with van der Waals surface area (Å²) < 4.78 is 0. The number of primary amides is 1. The summed E-state index contributed by atoms with van der Waals surface area (Å²) in [6.07, 6.45) is 0. The molecule has 9 heteroatoms. The van der Waals surface area contributed by atoms with Crippen LogP contribution in [0.1, 0.15) is 24.2 Å². The molecular formula is C12H17N5O4. The minimum Gasteiger partial charge on any atom is -0.369 e. The summed E-state index contributed by atoms with van der Waals surface area (Å²) in [5.41, 5.74) is 6.36. The summed E-state index contributed by atoms with van der Waals surface area (Å²) in [6, 6.07) is 3.80. The molecule has 0 saturated heterocycles. The van der Waals surface area contributed by atoms with Crippen molar-refractivity contribution in [1.29, 1.82) is 0 Å². The largest absolute Gasteiger partial charge is 0.369 e. The maximum atomic E-state index is 12.1. The SMILES string of the molecule is CC(C)(CNC(=O)c1cc(NN)ccc1[N+](=O)[O-])C(N)=O. The van der Waals surface area contributed by atoms with E-state index < -0.39 is 22.2 Å². The van der Waals surface area contributed by atoms with Crippen LogP contribution in [0, 0.1) is 15.5 Å². The lowest BCUT2D eigenvalue weighted by Gasteiger charge is -2.20. The quantitative estimate of drug-likeness (QED) is 0.332. The first kappa shape index (κ1) is 16.4. The Morgan fingerprint density at radius 3 is 2.48 bits per heavy atom. The Kier molecular flexibility index (Phi) is 4.82. The van der Waals surface area contributed by atoms with E-state index in [1.54, 1.807) is 13.8 Å². The first-order valence-corrected chi connectivity index (χ1v) is 6.02. The number of hydrazine groups is 1. The summed E-state index contributed by atoms with van der Waals surface area (Å²) in [4.78, 5) is 33.5. The van der Waals surface area contributed by atoms with Crippen LogP contribution in [0.15, 0.2) is 18.2 Å². The molecule has 0 aliphatic heterocycles. The van der Waals surface area contributed by atoms with Gasteiger partial charge in [-0.25, -0.2) is 0 Å². The van der Waals surface area contributed by atoms with Crippen LogP contribution >= 0.6 is 0 Å². The van der Waals surface area contributed by atoms with Crippen molar-refractivity contribution in [3.63, 3.8) is 0 Å². The third kappa shape index (κ3) is 3.89. The molecular weight excluding hydrogens is 278 g/mol. The number of nitrogens with one attached hydrogen (secondary N) is 2. The molecule has 0 bridgehead atoms. The monoisotopic (exact) mass is 295 g/mol. The Labute approximate surface area is 120 Å². The predicted molar refractivity (Wildman–Crippen MR) is 76.2 cm³/mol. The smallest absolute Gasteiger partial charge is 0.282 e. The number of carbonyl (C=O) groups is 2. The van der Waals surface area contributed by atoms with Gasteiger partial charge in [-0.3, -0.25) is 25.5 Å². The van der Waals surface area contributed by atoms with Crippen molar-refractivity contribution in [1.82, 2.24) is 5.32 Å². The van der Waals surface area contributed by atoms with Gasteiger partial charge < -0.3 is 16.5 Å². The van der Waals surface area contributed by atoms with Crippen LogP contribution < -0.4 is 22.3 Å². The fourth-order valence-electron chi connectivity index (χ4n) is 1.45. The average molecular weight is 295 g/mol. The third-order valence-corrected chi connectivity index (χ3v) is 2.96. The standard InChI is InChI=1S/C12H17N5O4/c1-12(2,11(13)19)6-15-10(18)8-5-7(16-14)3-4-9(8)17(20)21/h3-5,16H,6,14H2,1-2H3,(H2,13,19)(H,15,18). The highest BCUT2D eigenvalue weighted by molar-refractivity contribution is 5.99. The number of benzene rings is 1. The van der Waals surface area contributed by atoms with Crippen molar-refractivity contribution in [2.24, 2.45) is 17.0 Å². The van der Waals surface area contributed by atoms with Crippen molar-refractivity contribution in [2.45, 2.75) is 13.8 Å². The van der Waals surface area contributed by atoms with Crippen LogP contribution in [0.4, 0.5) is 11.4 Å². The summed E-state index contributed by atoms with van der Waals surface area (Å²) in [7, 11) is 0. The molecule has 0 aliphatic rings. The fourth-order valence-corrected chi connectivity index (χ4v) is 1.45. The van der Waals surface area contributed by atoms with Crippen LogP contribution in [-0.4, -0.2) is 23.3 Å². The molecule has 0 saturated carbocycles. The summed E-state index contributed by atoms with van der Waals surface area (Å²) >= 11 is 0. The van der Waals surface area contributed by atoms with Gasteiger partial charge in [0.15, 0.2) is 0 Å². The van der Waals surface area contributed by atoms with E-state index >= 15 is 0 Å². The Morgan fingerprint density at radius 1 is 1.38 bits per heavy atom. The van der Waals surface area contributed by atoms with Gasteiger partial charge in [0.1, 0.15) is 5.56 Å². The first-order chi connectivity index (χ1) is 9.69. The lowest BCUT2D eigenvalue weighted by Crippen LogP contribution is -2.42. The molecule has 6 N–H and O–H groups in total. The minimum absolute atomic E-state index is 0.0431. The van der Waals surface area contributed by atoms with Crippen LogP contribution in [0.2, 0.25) is 0 Å². The molecule has 0 heterocycles. The van der Waals surface area contributed by atoms with Gasteiger partial charge in [-0.05, 0) is 26.0 Å². The molecule has 0 unspecified atom stereocenters. The van der Waals surface area contributed by atoms with Crippen LogP contribution in [0.3, 0.4) is 0 Å². The minimum atomic E-state index is -0.964. The summed E-state index contributed by atoms with van der Waals surface area (Å²) in [5, 5.41) is 13.4. The van der Waals surface area contributed by atoms with Gasteiger partial charge in [0.2, 0.25) is 5.91 Å². The van der Waals surface area contributed by atoms with Gasteiger partial charge in [0.25, 0.3) is 11.6 Å². The number of nitro groups is 1. The van der Waals surface area contributed by atoms with E-state index in [4.69, 9.17) is 11.6 Å². The summed E-state index contributed by atoms with van der Waals surface area (Å²) in [6.45, 7) is 3.07. The zero-order valence-corrected chi connectivity index (χ0v) is 11.7. The molecule has 1 rings (SSSR count). The Bertz CT molecular complexity index is 585. The van der Waals surface area contributed by atoms with Gasteiger partial charge in [0.05, 0.1) is 10.3 Å². The average Bonchev–Trinajstić information content (AvgIpc) is 2.43. The van der Waals surface area contributed by atoms with Crippen molar-refractivity contribution in [3.8, 4) is 0 Å². The van der Waals surface area contributed by atoms with E-state index in [-0.39, 0.29) is 17.8 Å². The molecule has 1 aromatic rings. The Hall–Kier alpha value is -2.68. The van der Waals surface area contributed by atoms with Gasteiger partial charge in [-0.2, -0.15) is 0 Å². The van der Waals surface area contributed by atoms with Gasteiger partial charge in [-0.1, -0.05) is 0 Å². The molecule has 0 atom stereocenters. The van der Waals surface area contributed by atoms with E-state index in [2.05, 4.69) is 10.7 Å². The molecule has 0 radical (unpaired) electrons. The zero-order chi connectivity index (χ0) is 16.2. The number of nitro benzene ring substituents is 1. The molecule has 21 heavy (non-hydrogen) atoms. The second kappa shape index (κ2) is 6.18. The molecule has 0 fully saturated rings. The molecule has 0 aromatic heterocycles.